The molecule has 0 aromatic carbocycles. The van der Waals surface area contributed by atoms with Gasteiger partial charge in [0.2, 0.25) is 0 Å². The van der Waals surface area contributed by atoms with Crippen LogP contribution in [-0.2, 0) is 4.79 Å². The first kappa shape index (κ1) is 10.5. The molecule has 13 heavy (non-hydrogen) atoms. The third-order valence-corrected chi connectivity index (χ3v) is 3.16. The summed E-state index contributed by atoms with van der Waals surface area (Å²) in [7, 11) is 0. The van der Waals surface area contributed by atoms with Crippen LogP contribution in [0.15, 0.2) is 0 Å². The number of hydrogen-bond donors (Lipinski definition) is 2. The first-order chi connectivity index (χ1) is 6.38. The molecule has 3 heteroatoms. The van der Waals surface area contributed by atoms with Gasteiger partial charge in [0.05, 0.1) is 0 Å². The van der Waals surface area contributed by atoms with Gasteiger partial charge in [-0.15, -0.1) is 0 Å². The predicted molar refractivity (Wildman–Crippen MR) is 51.6 cm³/mol. The van der Waals surface area contributed by atoms with Gasteiger partial charge in [-0.05, 0) is 37.8 Å². The van der Waals surface area contributed by atoms with Gasteiger partial charge in [-0.25, -0.2) is 0 Å². The zero-order valence-electron chi connectivity index (χ0n) is 8.04. The minimum absolute atomic E-state index is 0.250. The van der Waals surface area contributed by atoms with E-state index < -0.39 is 0 Å². The highest BCUT2D eigenvalue weighted by molar-refractivity contribution is 5.32. The first-order valence-corrected chi connectivity index (χ1v) is 5.17. The maximum atomic E-state index is 8.36. The summed E-state index contributed by atoms with van der Waals surface area (Å²) < 4.78 is 0. The molecule has 3 nitrogen and oxygen atoms in total. The quantitative estimate of drug-likeness (QED) is 0.562. The molecule has 0 aromatic rings. The summed E-state index contributed by atoms with van der Waals surface area (Å²) in [6.45, 7) is 2.34. The zero-order chi connectivity index (χ0) is 9.52. The molecule has 0 bridgehead atoms. The van der Waals surface area contributed by atoms with Crippen molar-refractivity contribution in [1.82, 2.24) is 5.32 Å². The minimum Gasteiger partial charge on any atom is -0.483 e. The normalized spacial score (nSPS) is 32.3. The summed E-state index contributed by atoms with van der Waals surface area (Å²) in [5.41, 5.74) is 0. The van der Waals surface area contributed by atoms with E-state index >= 15 is 0 Å². The first-order valence-electron chi connectivity index (χ1n) is 5.17. The second kappa shape index (κ2) is 5.97. The van der Waals surface area contributed by atoms with Gasteiger partial charge in [0, 0.05) is 0 Å². The van der Waals surface area contributed by atoms with Crippen molar-refractivity contribution in [3.8, 4) is 0 Å². The number of rotatable bonds is 0. The smallest absolute Gasteiger partial charge is 0.290 e. The van der Waals surface area contributed by atoms with Crippen LogP contribution in [0.2, 0.25) is 0 Å². The summed E-state index contributed by atoms with van der Waals surface area (Å²) in [5.74, 6) is 2.14. The maximum Gasteiger partial charge on any atom is 0.290 e. The largest absolute Gasteiger partial charge is 0.483 e. The highest BCUT2D eigenvalue weighted by atomic mass is 16.3. The number of hydrogen-bond acceptors (Lipinski definition) is 2. The molecule has 1 aliphatic carbocycles. The topological polar surface area (TPSA) is 49.3 Å². The SMILES string of the molecule is C1CC[C@@H]2CNCCC2C1.O=CO. The van der Waals surface area contributed by atoms with Crippen molar-refractivity contribution in [2.24, 2.45) is 11.8 Å². The van der Waals surface area contributed by atoms with Gasteiger partial charge < -0.3 is 10.4 Å². The van der Waals surface area contributed by atoms with Gasteiger partial charge in [-0.1, -0.05) is 19.3 Å². The number of carbonyl (C=O) groups is 1. The maximum absolute atomic E-state index is 8.36. The Morgan fingerprint density at radius 2 is 1.77 bits per heavy atom. The van der Waals surface area contributed by atoms with Crippen molar-refractivity contribution in [3.63, 3.8) is 0 Å². The van der Waals surface area contributed by atoms with E-state index in [1.54, 1.807) is 0 Å². The second-order valence-corrected chi connectivity index (χ2v) is 3.90. The highest BCUT2D eigenvalue weighted by Gasteiger charge is 2.26. The summed E-state index contributed by atoms with van der Waals surface area (Å²) >= 11 is 0. The molecule has 1 aliphatic heterocycles. The van der Waals surface area contributed by atoms with Crippen LogP contribution >= 0.6 is 0 Å². The molecule has 0 spiro atoms. The molecular weight excluding hydrogens is 166 g/mol. The molecule has 0 aromatic heterocycles. The molecule has 2 fully saturated rings. The molecular formula is C10H19NO2. The second-order valence-electron chi connectivity index (χ2n) is 3.90. The average Bonchev–Trinajstić information content (AvgIpc) is 2.19. The van der Waals surface area contributed by atoms with Crippen LogP contribution in [0.4, 0.5) is 0 Å². The summed E-state index contributed by atoms with van der Waals surface area (Å²) in [4.78, 5) is 8.36. The molecule has 1 saturated carbocycles. The minimum atomic E-state index is -0.250. The van der Waals surface area contributed by atoms with Crippen LogP contribution in [0, 0.1) is 11.8 Å². The lowest BCUT2D eigenvalue weighted by molar-refractivity contribution is -0.122. The van der Waals surface area contributed by atoms with E-state index in [-0.39, 0.29) is 6.47 Å². The van der Waals surface area contributed by atoms with Crippen molar-refractivity contribution in [3.05, 3.63) is 0 Å². The number of piperidine rings is 1. The number of fused-ring (bicyclic) bond motifs is 1. The van der Waals surface area contributed by atoms with E-state index in [2.05, 4.69) is 5.32 Å². The summed E-state index contributed by atoms with van der Waals surface area (Å²) in [6.07, 6.45) is 7.46. The average molecular weight is 185 g/mol. The Bertz CT molecular complexity index is 124. The van der Waals surface area contributed by atoms with E-state index in [9.17, 15) is 0 Å². The highest BCUT2D eigenvalue weighted by Crippen LogP contribution is 2.33. The number of carboxylic acid groups (broad SMARTS) is 1. The Morgan fingerprint density at radius 3 is 2.38 bits per heavy atom. The van der Waals surface area contributed by atoms with Crippen molar-refractivity contribution in [1.29, 1.82) is 0 Å². The van der Waals surface area contributed by atoms with Gasteiger partial charge in [-0.2, -0.15) is 0 Å². The number of nitrogens with one attached hydrogen (secondary N) is 1. The lowest BCUT2D eigenvalue weighted by Crippen LogP contribution is -2.38. The monoisotopic (exact) mass is 185 g/mol. The van der Waals surface area contributed by atoms with E-state index in [1.807, 2.05) is 0 Å². The predicted octanol–water partition coefficient (Wildman–Crippen LogP) is 1.49. The van der Waals surface area contributed by atoms with E-state index in [0.717, 1.165) is 11.8 Å². The Balaban J connectivity index is 0.000000251. The van der Waals surface area contributed by atoms with Gasteiger partial charge >= 0.3 is 0 Å². The standard InChI is InChI=1S/C9H17N.CH2O2/c1-2-4-9-7-10-6-5-8(9)3-1;2-1-3/h8-10H,1-7H2;1H,(H,2,3)/t8?,9-;/m1./s1. The van der Waals surface area contributed by atoms with Crippen molar-refractivity contribution in [2.45, 2.75) is 32.1 Å². The fourth-order valence-electron chi connectivity index (χ4n) is 2.51. The van der Waals surface area contributed by atoms with Crippen LogP contribution in [-0.4, -0.2) is 24.7 Å². The Hall–Kier alpha value is -0.570. The molecule has 76 valence electrons. The van der Waals surface area contributed by atoms with Crippen LogP contribution in [0.5, 0.6) is 0 Å². The molecule has 0 radical (unpaired) electrons. The lowest BCUT2D eigenvalue weighted by Gasteiger charge is -2.35. The van der Waals surface area contributed by atoms with Gasteiger partial charge in [0.15, 0.2) is 0 Å². The van der Waals surface area contributed by atoms with Crippen molar-refractivity contribution >= 4 is 6.47 Å². The van der Waals surface area contributed by atoms with Gasteiger partial charge in [0.25, 0.3) is 6.47 Å². The van der Waals surface area contributed by atoms with Crippen LogP contribution < -0.4 is 5.32 Å². The molecule has 2 atom stereocenters. The molecule has 0 amide bonds. The van der Waals surface area contributed by atoms with Gasteiger partial charge in [-0.3, -0.25) is 4.79 Å². The third kappa shape index (κ3) is 3.35. The molecule has 2 rings (SSSR count). The van der Waals surface area contributed by atoms with Crippen LogP contribution in [0.1, 0.15) is 32.1 Å². The fourth-order valence-corrected chi connectivity index (χ4v) is 2.51. The van der Waals surface area contributed by atoms with E-state index in [0.29, 0.717) is 0 Å². The fraction of sp³-hybridized carbons (Fsp3) is 0.900. The Morgan fingerprint density at radius 1 is 1.15 bits per heavy atom. The Kier molecular flexibility index (Phi) is 4.83. The zero-order valence-corrected chi connectivity index (χ0v) is 8.04. The summed E-state index contributed by atoms with van der Waals surface area (Å²) in [6, 6.07) is 0. The molecule has 2 N–H and O–H groups in total. The van der Waals surface area contributed by atoms with Crippen LogP contribution in [0.3, 0.4) is 0 Å². The van der Waals surface area contributed by atoms with E-state index in [4.69, 9.17) is 9.90 Å². The van der Waals surface area contributed by atoms with E-state index in [1.165, 1.54) is 45.2 Å². The molecule has 2 aliphatic rings. The summed E-state index contributed by atoms with van der Waals surface area (Å²) in [5, 5.41) is 10.4. The van der Waals surface area contributed by atoms with Gasteiger partial charge in [0.1, 0.15) is 0 Å². The lowest BCUT2D eigenvalue weighted by atomic mass is 9.76. The van der Waals surface area contributed by atoms with Crippen LogP contribution in [0.25, 0.3) is 0 Å². The van der Waals surface area contributed by atoms with Crippen molar-refractivity contribution < 1.29 is 9.90 Å². The van der Waals surface area contributed by atoms with Crippen molar-refractivity contribution in [2.75, 3.05) is 13.1 Å². The molecule has 1 saturated heterocycles. The molecule has 1 heterocycles. The third-order valence-electron chi connectivity index (χ3n) is 3.16. The molecule has 1 unspecified atom stereocenters. The Labute approximate surface area is 79.5 Å².